The lowest BCUT2D eigenvalue weighted by Gasteiger charge is -2.25. The van der Waals surface area contributed by atoms with Crippen molar-refractivity contribution in [3.8, 4) is 0 Å². The summed E-state index contributed by atoms with van der Waals surface area (Å²) in [4.78, 5) is 14.3. The van der Waals surface area contributed by atoms with Crippen LogP contribution in [-0.4, -0.2) is 32.2 Å². The van der Waals surface area contributed by atoms with Crippen LogP contribution in [0.3, 0.4) is 0 Å². The molecule has 32 heavy (non-hydrogen) atoms. The van der Waals surface area contributed by atoms with Crippen LogP contribution in [0.15, 0.2) is 71.6 Å². The van der Waals surface area contributed by atoms with Crippen LogP contribution < -0.4 is 4.90 Å². The number of aryl methyl sites for hydroxylation is 1. The van der Waals surface area contributed by atoms with Crippen LogP contribution in [0.5, 0.6) is 0 Å². The summed E-state index contributed by atoms with van der Waals surface area (Å²) >= 11 is 12.1. The highest BCUT2D eigenvalue weighted by Crippen LogP contribution is 2.25. The molecule has 0 aliphatic rings. The normalized spacial score (nSPS) is 11.6. The molecule has 0 atom stereocenters. The fourth-order valence-electron chi connectivity index (χ4n) is 2.99. The SMILES string of the molecule is Cc1ccc(S(=O)(=O)N(CC(=O)N(C)c2ccc(F)cc2)Cc2ccc(Cl)c(Cl)c2)cc1. The number of nitrogens with zero attached hydrogens (tertiary/aromatic N) is 2. The summed E-state index contributed by atoms with van der Waals surface area (Å²) in [6, 6.07) is 16.5. The summed E-state index contributed by atoms with van der Waals surface area (Å²) < 4.78 is 41.1. The van der Waals surface area contributed by atoms with Gasteiger partial charge in [0.15, 0.2) is 0 Å². The van der Waals surface area contributed by atoms with E-state index >= 15 is 0 Å². The number of likely N-dealkylation sites (N-methyl/N-ethyl adjacent to an activating group) is 1. The molecule has 0 radical (unpaired) electrons. The molecule has 9 heteroatoms. The number of benzene rings is 3. The quantitative estimate of drug-likeness (QED) is 0.448. The minimum Gasteiger partial charge on any atom is -0.314 e. The molecular weight excluding hydrogens is 474 g/mol. The van der Waals surface area contributed by atoms with Crippen molar-refractivity contribution in [3.05, 3.63) is 93.7 Å². The van der Waals surface area contributed by atoms with Crippen LogP contribution in [-0.2, 0) is 21.4 Å². The summed E-state index contributed by atoms with van der Waals surface area (Å²) in [5.41, 5.74) is 1.93. The topological polar surface area (TPSA) is 57.7 Å². The average Bonchev–Trinajstić information content (AvgIpc) is 2.76. The Labute approximate surface area is 197 Å². The number of amides is 1. The number of hydrogen-bond acceptors (Lipinski definition) is 3. The lowest BCUT2D eigenvalue weighted by molar-refractivity contribution is -0.118. The zero-order valence-electron chi connectivity index (χ0n) is 17.4. The molecule has 5 nitrogen and oxygen atoms in total. The molecule has 3 aromatic rings. The Morgan fingerprint density at radius 3 is 2.16 bits per heavy atom. The van der Waals surface area contributed by atoms with Crippen LogP contribution in [0.25, 0.3) is 0 Å². The van der Waals surface area contributed by atoms with Crippen LogP contribution in [0.2, 0.25) is 10.0 Å². The molecule has 0 bridgehead atoms. The minimum atomic E-state index is -4.01. The number of halogens is 3. The van der Waals surface area contributed by atoms with Crippen LogP contribution >= 0.6 is 23.2 Å². The van der Waals surface area contributed by atoms with E-state index < -0.39 is 28.3 Å². The van der Waals surface area contributed by atoms with Crippen molar-refractivity contribution >= 4 is 44.8 Å². The van der Waals surface area contributed by atoms with Crippen molar-refractivity contribution in [2.45, 2.75) is 18.4 Å². The molecule has 3 aromatic carbocycles. The van der Waals surface area contributed by atoms with Gasteiger partial charge in [-0.05, 0) is 61.0 Å². The molecule has 0 unspecified atom stereocenters. The summed E-state index contributed by atoms with van der Waals surface area (Å²) in [5, 5.41) is 0.627. The molecule has 0 spiro atoms. The summed E-state index contributed by atoms with van der Waals surface area (Å²) in [6.07, 6.45) is 0. The third-order valence-electron chi connectivity index (χ3n) is 4.90. The molecule has 0 saturated heterocycles. The van der Waals surface area contributed by atoms with Crippen molar-refractivity contribution < 1.29 is 17.6 Å². The van der Waals surface area contributed by atoms with Gasteiger partial charge in [-0.3, -0.25) is 4.79 Å². The van der Waals surface area contributed by atoms with Gasteiger partial charge in [0, 0.05) is 19.3 Å². The highest BCUT2D eigenvalue weighted by Gasteiger charge is 2.28. The molecule has 0 aliphatic heterocycles. The molecule has 0 N–H and O–H groups in total. The van der Waals surface area contributed by atoms with E-state index in [-0.39, 0.29) is 16.5 Å². The zero-order valence-corrected chi connectivity index (χ0v) is 19.8. The second-order valence-corrected chi connectivity index (χ2v) is 10.0. The molecule has 3 rings (SSSR count). The van der Waals surface area contributed by atoms with Crippen LogP contribution in [0.1, 0.15) is 11.1 Å². The number of carbonyl (C=O) groups is 1. The van der Waals surface area contributed by atoms with Gasteiger partial charge >= 0.3 is 0 Å². The van der Waals surface area contributed by atoms with Crippen molar-refractivity contribution in [2.24, 2.45) is 0 Å². The van der Waals surface area contributed by atoms with E-state index in [1.807, 2.05) is 6.92 Å². The molecule has 0 heterocycles. The van der Waals surface area contributed by atoms with E-state index in [2.05, 4.69) is 0 Å². The molecule has 0 aliphatic carbocycles. The first-order valence-corrected chi connectivity index (χ1v) is 11.8. The number of hydrogen-bond donors (Lipinski definition) is 0. The Bertz CT molecular complexity index is 1220. The van der Waals surface area contributed by atoms with Crippen LogP contribution in [0, 0.1) is 12.7 Å². The smallest absolute Gasteiger partial charge is 0.243 e. The summed E-state index contributed by atoms with van der Waals surface area (Å²) in [7, 11) is -2.50. The fraction of sp³-hybridized carbons (Fsp3) is 0.174. The largest absolute Gasteiger partial charge is 0.314 e. The standard InChI is InChI=1S/C23H21Cl2FN2O3S/c1-16-3-10-20(11-4-16)32(30,31)28(14-17-5-12-21(24)22(25)13-17)15-23(29)27(2)19-8-6-18(26)7-9-19/h3-13H,14-15H2,1-2H3. The second-order valence-electron chi connectivity index (χ2n) is 7.26. The van der Waals surface area contributed by atoms with E-state index in [9.17, 15) is 17.6 Å². The maximum Gasteiger partial charge on any atom is 0.243 e. The minimum absolute atomic E-state index is 0.0698. The number of rotatable bonds is 7. The van der Waals surface area contributed by atoms with Crippen LogP contribution in [0.4, 0.5) is 10.1 Å². The van der Waals surface area contributed by atoms with Crippen molar-refractivity contribution in [1.82, 2.24) is 4.31 Å². The van der Waals surface area contributed by atoms with E-state index in [0.29, 0.717) is 16.3 Å². The lowest BCUT2D eigenvalue weighted by Crippen LogP contribution is -2.41. The Morgan fingerprint density at radius 1 is 0.938 bits per heavy atom. The second kappa shape index (κ2) is 10.0. The summed E-state index contributed by atoms with van der Waals surface area (Å²) in [6.45, 7) is 1.34. The maximum absolute atomic E-state index is 13.4. The van der Waals surface area contributed by atoms with Gasteiger partial charge < -0.3 is 4.90 Å². The molecular formula is C23H21Cl2FN2O3S. The predicted molar refractivity (Wildman–Crippen MR) is 125 cm³/mol. The maximum atomic E-state index is 13.4. The number of carbonyl (C=O) groups excluding carboxylic acids is 1. The molecule has 0 fully saturated rings. The van der Waals surface area contributed by atoms with E-state index in [1.54, 1.807) is 30.3 Å². The van der Waals surface area contributed by atoms with Gasteiger partial charge in [-0.15, -0.1) is 0 Å². The van der Waals surface area contributed by atoms with Gasteiger partial charge in [-0.2, -0.15) is 4.31 Å². The highest BCUT2D eigenvalue weighted by atomic mass is 35.5. The Balaban J connectivity index is 1.93. The Morgan fingerprint density at radius 2 is 1.56 bits per heavy atom. The van der Waals surface area contributed by atoms with Gasteiger partial charge in [0.1, 0.15) is 5.82 Å². The number of sulfonamides is 1. The third-order valence-corrected chi connectivity index (χ3v) is 7.45. The first-order chi connectivity index (χ1) is 15.1. The lowest BCUT2D eigenvalue weighted by atomic mass is 10.2. The van der Waals surface area contributed by atoms with Gasteiger partial charge in [0.2, 0.25) is 15.9 Å². The Kier molecular flexibility index (Phi) is 7.56. The van der Waals surface area contributed by atoms with Crippen molar-refractivity contribution in [3.63, 3.8) is 0 Å². The van der Waals surface area contributed by atoms with Crippen molar-refractivity contribution in [1.29, 1.82) is 0 Å². The Hall–Kier alpha value is -2.45. The molecule has 0 saturated carbocycles. The van der Waals surface area contributed by atoms with Gasteiger partial charge in [0.25, 0.3) is 0 Å². The van der Waals surface area contributed by atoms with Crippen molar-refractivity contribution in [2.75, 3.05) is 18.5 Å². The number of anilines is 1. The van der Waals surface area contributed by atoms with Gasteiger partial charge in [-0.25, -0.2) is 12.8 Å². The predicted octanol–water partition coefficient (Wildman–Crippen LogP) is 5.29. The summed E-state index contributed by atoms with van der Waals surface area (Å²) in [5.74, 6) is -0.912. The van der Waals surface area contributed by atoms with Gasteiger partial charge in [0.05, 0.1) is 21.5 Å². The third kappa shape index (κ3) is 5.66. The highest BCUT2D eigenvalue weighted by molar-refractivity contribution is 7.89. The first-order valence-electron chi connectivity index (χ1n) is 9.61. The van der Waals surface area contributed by atoms with E-state index in [1.165, 1.54) is 48.3 Å². The zero-order chi connectivity index (χ0) is 23.5. The fourth-order valence-corrected chi connectivity index (χ4v) is 4.69. The first kappa shape index (κ1) is 24.2. The molecule has 168 valence electrons. The molecule has 1 amide bonds. The van der Waals surface area contributed by atoms with Gasteiger partial charge in [-0.1, -0.05) is 47.0 Å². The van der Waals surface area contributed by atoms with E-state index in [4.69, 9.17) is 23.2 Å². The average molecular weight is 495 g/mol. The monoisotopic (exact) mass is 494 g/mol. The van der Waals surface area contributed by atoms with E-state index in [0.717, 1.165) is 9.87 Å². The molecule has 0 aromatic heterocycles.